The number of hydrogen-bond acceptors (Lipinski definition) is 2. The summed E-state index contributed by atoms with van der Waals surface area (Å²) < 4.78 is 2.66. The molecular formula is C46H31NS. The Labute approximate surface area is 284 Å². The van der Waals surface area contributed by atoms with E-state index in [-0.39, 0.29) is 0 Å². The predicted octanol–water partition coefficient (Wildman–Crippen LogP) is 13.7. The number of para-hydroxylation sites is 1. The van der Waals surface area contributed by atoms with E-state index in [4.69, 9.17) is 0 Å². The van der Waals surface area contributed by atoms with E-state index in [0.29, 0.717) is 0 Å². The molecule has 0 atom stereocenters. The minimum Gasteiger partial charge on any atom is -0.311 e. The summed E-state index contributed by atoms with van der Waals surface area (Å²) in [5.41, 5.74) is 10.7. The first-order valence-corrected chi connectivity index (χ1v) is 17.2. The van der Waals surface area contributed by atoms with Gasteiger partial charge >= 0.3 is 0 Å². The second-order valence-electron chi connectivity index (χ2n) is 12.2. The molecule has 0 bridgehead atoms. The summed E-state index contributed by atoms with van der Waals surface area (Å²) in [6, 6.07) is 68.0. The third-order valence-electron chi connectivity index (χ3n) is 9.28. The molecule has 0 amide bonds. The second-order valence-corrected chi connectivity index (χ2v) is 13.3. The molecule has 0 unspecified atom stereocenters. The van der Waals surface area contributed by atoms with Gasteiger partial charge in [0.05, 0.1) is 0 Å². The van der Waals surface area contributed by atoms with Crippen LogP contribution in [0.5, 0.6) is 0 Å². The quantitative estimate of drug-likeness (QED) is 0.177. The molecule has 0 aliphatic carbocycles. The van der Waals surface area contributed by atoms with Crippen molar-refractivity contribution in [1.82, 2.24) is 0 Å². The summed E-state index contributed by atoms with van der Waals surface area (Å²) in [7, 11) is 0. The molecule has 1 nitrogen and oxygen atoms in total. The molecule has 0 aliphatic rings. The van der Waals surface area contributed by atoms with Gasteiger partial charge in [-0.3, -0.25) is 0 Å². The van der Waals surface area contributed by atoms with Gasteiger partial charge in [0.15, 0.2) is 0 Å². The van der Waals surface area contributed by atoms with Crippen LogP contribution in [0.25, 0.3) is 64.3 Å². The molecule has 226 valence electrons. The van der Waals surface area contributed by atoms with Gasteiger partial charge < -0.3 is 4.90 Å². The molecule has 0 aliphatic heterocycles. The molecule has 9 aromatic rings. The SMILES string of the molecule is c1ccc(-c2ccc(-c3ccc(N(c4ccccc4)c4ccc(-c5ccc6sc7ccc8ccccc8c7c6c5)cc4)cc3)cc2)cc1. The maximum Gasteiger partial charge on any atom is 0.0462 e. The summed E-state index contributed by atoms with van der Waals surface area (Å²) in [5.74, 6) is 0. The summed E-state index contributed by atoms with van der Waals surface area (Å²) >= 11 is 1.87. The standard InChI is InChI=1S/C46H31NS/c1-3-9-32(10-4-1)33-15-17-34(18-16-33)35-19-25-40(26-20-35)47(39-12-5-2-6-13-39)41-27-21-36(22-28-41)38-24-29-44-43(31-38)46-42-14-8-7-11-37(42)23-30-45(46)48-44/h1-31H. The van der Waals surface area contributed by atoms with E-state index in [1.54, 1.807) is 0 Å². The van der Waals surface area contributed by atoms with Crippen LogP contribution in [0.15, 0.2) is 188 Å². The van der Waals surface area contributed by atoms with Crippen molar-refractivity contribution in [2.45, 2.75) is 0 Å². The number of rotatable bonds is 6. The van der Waals surface area contributed by atoms with Gasteiger partial charge in [-0.15, -0.1) is 11.3 Å². The minimum atomic E-state index is 1.12. The fourth-order valence-electron chi connectivity index (χ4n) is 6.84. The van der Waals surface area contributed by atoms with Gasteiger partial charge in [0, 0.05) is 37.2 Å². The lowest BCUT2D eigenvalue weighted by Gasteiger charge is -2.26. The molecule has 2 heteroatoms. The minimum absolute atomic E-state index is 1.12. The first kappa shape index (κ1) is 28.3. The summed E-state index contributed by atoms with van der Waals surface area (Å²) in [4.78, 5) is 2.33. The topological polar surface area (TPSA) is 3.24 Å². The number of fused-ring (bicyclic) bond motifs is 5. The Hall–Kier alpha value is -5.96. The predicted molar refractivity (Wildman–Crippen MR) is 208 cm³/mol. The molecule has 8 aromatic carbocycles. The zero-order valence-electron chi connectivity index (χ0n) is 26.3. The highest BCUT2D eigenvalue weighted by molar-refractivity contribution is 7.26. The molecule has 0 radical (unpaired) electrons. The highest BCUT2D eigenvalue weighted by atomic mass is 32.1. The van der Waals surface area contributed by atoms with Crippen LogP contribution < -0.4 is 4.90 Å². The van der Waals surface area contributed by atoms with E-state index in [9.17, 15) is 0 Å². The Morgan fingerprint density at radius 3 is 1.42 bits per heavy atom. The summed E-state index contributed by atoms with van der Waals surface area (Å²) in [5, 5.41) is 5.29. The van der Waals surface area contributed by atoms with Crippen LogP contribution in [0.1, 0.15) is 0 Å². The number of anilines is 3. The number of nitrogens with zero attached hydrogens (tertiary/aromatic N) is 1. The first-order chi connectivity index (χ1) is 23.8. The van der Waals surface area contributed by atoms with Crippen molar-refractivity contribution in [2.75, 3.05) is 4.90 Å². The van der Waals surface area contributed by atoms with Crippen molar-refractivity contribution >= 4 is 59.3 Å². The second kappa shape index (κ2) is 12.0. The molecule has 0 saturated heterocycles. The molecule has 1 aromatic heterocycles. The van der Waals surface area contributed by atoms with E-state index in [1.165, 1.54) is 64.3 Å². The average molecular weight is 630 g/mol. The monoisotopic (exact) mass is 629 g/mol. The molecule has 0 N–H and O–H groups in total. The van der Waals surface area contributed by atoms with Crippen LogP contribution in [0, 0.1) is 0 Å². The Balaban J connectivity index is 1.05. The zero-order chi connectivity index (χ0) is 31.9. The number of thiophene rings is 1. The summed E-state index contributed by atoms with van der Waals surface area (Å²) in [6.07, 6.45) is 0. The van der Waals surface area contributed by atoms with Gasteiger partial charge in [0.25, 0.3) is 0 Å². The smallest absolute Gasteiger partial charge is 0.0462 e. The third kappa shape index (κ3) is 5.13. The van der Waals surface area contributed by atoms with Crippen LogP contribution in [0.3, 0.4) is 0 Å². The normalized spacial score (nSPS) is 11.3. The molecule has 0 fully saturated rings. The Bertz CT molecular complexity index is 2510. The maximum absolute atomic E-state index is 2.37. The molecule has 1 heterocycles. The van der Waals surface area contributed by atoms with Crippen molar-refractivity contribution < 1.29 is 0 Å². The lowest BCUT2D eigenvalue weighted by Crippen LogP contribution is -2.09. The Morgan fingerprint density at radius 2 is 0.771 bits per heavy atom. The van der Waals surface area contributed by atoms with Crippen molar-refractivity contribution in [3.63, 3.8) is 0 Å². The number of hydrogen-bond donors (Lipinski definition) is 0. The zero-order valence-corrected chi connectivity index (χ0v) is 27.1. The van der Waals surface area contributed by atoms with Gasteiger partial charge in [0.2, 0.25) is 0 Å². The first-order valence-electron chi connectivity index (χ1n) is 16.3. The molecule has 9 rings (SSSR count). The van der Waals surface area contributed by atoms with Crippen molar-refractivity contribution in [1.29, 1.82) is 0 Å². The third-order valence-corrected chi connectivity index (χ3v) is 10.4. The van der Waals surface area contributed by atoms with Crippen LogP contribution in [-0.4, -0.2) is 0 Å². The van der Waals surface area contributed by atoms with Gasteiger partial charge in [-0.1, -0.05) is 133 Å². The van der Waals surface area contributed by atoms with Gasteiger partial charge in [-0.05, 0) is 98.8 Å². The van der Waals surface area contributed by atoms with Crippen LogP contribution in [0.2, 0.25) is 0 Å². The van der Waals surface area contributed by atoms with E-state index >= 15 is 0 Å². The molecule has 0 saturated carbocycles. The fraction of sp³-hybridized carbons (Fsp3) is 0. The van der Waals surface area contributed by atoms with E-state index in [0.717, 1.165) is 17.1 Å². The van der Waals surface area contributed by atoms with Crippen molar-refractivity contribution in [3.8, 4) is 33.4 Å². The van der Waals surface area contributed by atoms with Crippen molar-refractivity contribution in [3.05, 3.63) is 188 Å². The molecule has 0 spiro atoms. The van der Waals surface area contributed by atoms with E-state index in [2.05, 4.69) is 193 Å². The highest BCUT2D eigenvalue weighted by Crippen LogP contribution is 2.41. The average Bonchev–Trinajstić information content (AvgIpc) is 3.55. The molecule has 48 heavy (non-hydrogen) atoms. The number of benzene rings is 8. The van der Waals surface area contributed by atoms with E-state index in [1.807, 2.05) is 11.3 Å². The lowest BCUT2D eigenvalue weighted by atomic mass is 9.99. The maximum atomic E-state index is 2.37. The van der Waals surface area contributed by atoms with E-state index < -0.39 is 0 Å². The van der Waals surface area contributed by atoms with Gasteiger partial charge in [0.1, 0.15) is 0 Å². The summed E-state index contributed by atoms with van der Waals surface area (Å²) in [6.45, 7) is 0. The Kier molecular flexibility index (Phi) is 7.07. The highest BCUT2D eigenvalue weighted by Gasteiger charge is 2.14. The van der Waals surface area contributed by atoms with Crippen LogP contribution in [-0.2, 0) is 0 Å². The Morgan fingerprint density at radius 1 is 0.312 bits per heavy atom. The largest absolute Gasteiger partial charge is 0.311 e. The van der Waals surface area contributed by atoms with Gasteiger partial charge in [-0.2, -0.15) is 0 Å². The van der Waals surface area contributed by atoms with Crippen molar-refractivity contribution in [2.24, 2.45) is 0 Å². The van der Waals surface area contributed by atoms with Crippen LogP contribution in [0.4, 0.5) is 17.1 Å². The fourth-order valence-corrected chi connectivity index (χ4v) is 7.94. The lowest BCUT2D eigenvalue weighted by molar-refractivity contribution is 1.28. The van der Waals surface area contributed by atoms with Gasteiger partial charge in [-0.25, -0.2) is 0 Å². The van der Waals surface area contributed by atoms with Crippen LogP contribution >= 0.6 is 11.3 Å². The molecular weight excluding hydrogens is 599 g/mol.